The van der Waals surface area contributed by atoms with Crippen molar-refractivity contribution in [2.24, 2.45) is 5.73 Å². The highest BCUT2D eigenvalue weighted by Gasteiger charge is 2.24. The molecule has 3 heteroatoms. The molecule has 1 aromatic heterocycles. The van der Waals surface area contributed by atoms with Crippen molar-refractivity contribution in [2.45, 2.75) is 12.5 Å². The van der Waals surface area contributed by atoms with Crippen LogP contribution in [0.4, 0.5) is 5.69 Å². The van der Waals surface area contributed by atoms with E-state index < -0.39 is 0 Å². The topological polar surface area (TPSA) is 42.1 Å². The minimum absolute atomic E-state index is 0.212. The van der Waals surface area contributed by atoms with Gasteiger partial charge in [0.25, 0.3) is 0 Å². The third kappa shape index (κ3) is 1.70. The zero-order valence-corrected chi connectivity index (χ0v) is 7.64. The fourth-order valence-corrected chi connectivity index (χ4v) is 1.43. The van der Waals surface area contributed by atoms with Crippen LogP contribution in [0, 0.1) is 0 Å². The van der Waals surface area contributed by atoms with Gasteiger partial charge in [0.1, 0.15) is 0 Å². The lowest BCUT2D eigenvalue weighted by atomic mass is 10.1. The minimum atomic E-state index is -0.212. The van der Waals surface area contributed by atoms with Gasteiger partial charge in [-0.05, 0) is 25.1 Å². The van der Waals surface area contributed by atoms with Gasteiger partial charge in [-0.1, -0.05) is 0 Å². The van der Waals surface area contributed by atoms with E-state index in [4.69, 9.17) is 5.73 Å². The van der Waals surface area contributed by atoms with E-state index in [2.05, 4.69) is 9.88 Å². The van der Waals surface area contributed by atoms with Crippen LogP contribution in [0.2, 0.25) is 0 Å². The van der Waals surface area contributed by atoms with Crippen LogP contribution in [0.25, 0.3) is 0 Å². The normalized spacial score (nSPS) is 26.8. The van der Waals surface area contributed by atoms with E-state index >= 15 is 0 Å². The van der Waals surface area contributed by atoms with Crippen LogP contribution in [-0.2, 0) is 0 Å². The molecule has 1 unspecified atom stereocenters. The third-order valence-corrected chi connectivity index (χ3v) is 2.12. The number of nitrogens with zero attached hydrogens (tertiary/aromatic N) is 2. The Kier molecular flexibility index (Phi) is 1.81. The van der Waals surface area contributed by atoms with Crippen molar-refractivity contribution in [1.82, 2.24) is 4.98 Å². The Hall–Kier alpha value is -1.35. The van der Waals surface area contributed by atoms with Gasteiger partial charge in [-0.25, -0.2) is 0 Å². The van der Waals surface area contributed by atoms with Crippen LogP contribution in [0.3, 0.4) is 0 Å². The molecule has 0 spiro atoms. The largest absolute Gasteiger partial charge is 0.345 e. The molecule has 0 aliphatic carbocycles. The summed E-state index contributed by atoms with van der Waals surface area (Å²) >= 11 is 0. The molecular weight excluding hydrogens is 162 g/mol. The van der Waals surface area contributed by atoms with E-state index in [0.717, 1.165) is 12.2 Å². The maximum absolute atomic E-state index is 5.96. The van der Waals surface area contributed by atoms with Gasteiger partial charge < -0.3 is 10.6 Å². The second kappa shape index (κ2) is 2.85. The van der Waals surface area contributed by atoms with Crippen molar-refractivity contribution < 1.29 is 0 Å². The van der Waals surface area contributed by atoms with Crippen molar-refractivity contribution in [1.29, 1.82) is 0 Å². The summed E-state index contributed by atoms with van der Waals surface area (Å²) in [6.45, 7) is 2.83. The van der Waals surface area contributed by atoms with Gasteiger partial charge >= 0.3 is 0 Å². The summed E-state index contributed by atoms with van der Waals surface area (Å²) in [5.74, 6) is 0. The molecule has 2 N–H and O–H groups in total. The fraction of sp³-hybridized carbons (Fsp3) is 0.300. The summed E-state index contributed by atoms with van der Waals surface area (Å²) in [4.78, 5) is 6.16. The Morgan fingerprint density at radius 2 is 2.46 bits per heavy atom. The van der Waals surface area contributed by atoms with Crippen LogP contribution in [-0.4, -0.2) is 17.1 Å². The number of hydrogen-bond donors (Lipinski definition) is 1. The average Bonchev–Trinajstić information content (AvgIpc) is 2.48. The maximum Gasteiger partial charge on any atom is 0.0593 e. The molecule has 3 nitrogen and oxygen atoms in total. The smallest absolute Gasteiger partial charge is 0.0593 e. The molecular formula is C10H13N3. The van der Waals surface area contributed by atoms with Crippen molar-refractivity contribution in [3.05, 3.63) is 36.8 Å². The highest BCUT2D eigenvalue weighted by molar-refractivity contribution is 5.50. The Morgan fingerprint density at radius 1 is 1.62 bits per heavy atom. The van der Waals surface area contributed by atoms with E-state index in [0.29, 0.717) is 0 Å². The first-order chi connectivity index (χ1) is 6.17. The van der Waals surface area contributed by atoms with Crippen LogP contribution in [0.5, 0.6) is 0 Å². The van der Waals surface area contributed by atoms with Gasteiger partial charge in [-0.15, -0.1) is 0 Å². The predicted octanol–water partition coefficient (Wildman–Crippen LogP) is 1.13. The lowest BCUT2D eigenvalue weighted by molar-refractivity contribution is 0.618. The van der Waals surface area contributed by atoms with Crippen molar-refractivity contribution in [2.75, 3.05) is 11.4 Å². The first kappa shape index (κ1) is 8.26. The van der Waals surface area contributed by atoms with E-state index in [1.807, 2.05) is 37.5 Å². The van der Waals surface area contributed by atoms with Gasteiger partial charge in [0.15, 0.2) is 0 Å². The number of rotatable bonds is 1. The molecule has 1 aliphatic rings. The maximum atomic E-state index is 5.96. The van der Waals surface area contributed by atoms with Crippen molar-refractivity contribution in [3.8, 4) is 0 Å². The van der Waals surface area contributed by atoms with Crippen LogP contribution >= 0.6 is 0 Å². The van der Waals surface area contributed by atoms with Crippen LogP contribution in [0.15, 0.2) is 36.8 Å². The summed E-state index contributed by atoms with van der Waals surface area (Å²) in [5.41, 5.74) is 6.83. The zero-order chi connectivity index (χ0) is 9.31. The SMILES string of the molecule is CC1(N)C=CN(c2cccnc2)C1. The second-order valence-corrected chi connectivity index (χ2v) is 3.66. The summed E-state index contributed by atoms with van der Waals surface area (Å²) in [6, 6.07) is 3.95. The molecule has 2 heterocycles. The van der Waals surface area contributed by atoms with E-state index in [9.17, 15) is 0 Å². The Balaban J connectivity index is 2.19. The Bertz CT molecular complexity index is 316. The summed E-state index contributed by atoms with van der Waals surface area (Å²) in [7, 11) is 0. The van der Waals surface area contributed by atoms with Gasteiger partial charge in [0.2, 0.25) is 0 Å². The van der Waals surface area contributed by atoms with E-state index in [-0.39, 0.29) is 5.54 Å². The molecule has 1 aliphatic heterocycles. The van der Waals surface area contributed by atoms with Crippen molar-refractivity contribution >= 4 is 5.69 Å². The average molecular weight is 175 g/mol. The van der Waals surface area contributed by atoms with Crippen LogP contribution in [0.1, 0.15) is 6.92 Å². The molecule has 1 aromatic rings. The molecule has 0 saturated heterocycles. The van der Waals surface area contributed by atoms with E-state index in [1.54, 1.807) is 6.20 Å². The van der Waals surface area contributed by atoms with Gasteiger partial charge in [0, 0.05) is 18.9 Å². The molecule has 13 heavy (non-hydrogen) atoms. The summed E-state index contributed by atoms with van der Waals surface area (Å²) in [5, 5.41) is 0. The van der Waals surface area contributed by atoms with Gasteiger partial charge in [-0.3, -0.25) is 4.98 Å². The Labute approximate surface area is 77.9 Å². The monoisotopic (exact) mass is 175 g/mol. The molecule has 0 aromatic carbocycles. The van der Waals surface area contributed by atoms with Gasteiger partial charge in [-0.2, -0.15) is 0 Å². The quantitative estimate of drug-likeness (QED) is 0.695. The van der Waals surface area contributed by atoms with E-state index in [1.165, 1.54) is 0 Å². The highest BCUT2D eigenvalue weighted by Crippen LogP contribution is 2.21. The number of nitrogens with two attached hydrogens (primary N) is 1. The Morgan fingerprint density at radius 3 is 3.00 bits per heavy atom. The van der Waals surface area contributed by atoms with Crippen LogP contribution < -0.4 is 10.6 Å². The molecule has 2 rings (SSSR count). The second-order valence-electron chi connectivity index (χ2n) is 3.66. The molecule has 1 atom stereocenters. The first-order valence-corrected chi connectivity index (χ1v) is 4.32. The number of aromatic nitrogens is 1. The lowest BCUT2D eigenvalue weighted by Crippen LogP contribution is -2.39. The summed E-state index contributed by atoms with van der Waals surface area (Å²) in [6.07, 6.45) is 7.63. The third-order valence-electron chi connectivity index (χ3n) is 2.12. The molecule has 0 bridgehead atoms. The number of hydrogen-bond acceptors (Lipinski definition) is 3. The first-order valence-electron chi connectivity index (χ1n) is 4.32. The number of pyridine rings is 1. The lowest BCUT2D eigenvalue weighted by Gasteiger charge is -2.21. The van der Waals surface area contributed by atoms with Crippen molar-refractivity contribution in [3.63, 3.8) is 0 Å². The molecule has 0 radical (unpaired) electrons. The molecule has 68 valence electrons. The zero-order valence-electron chi connectivity index (χ0n) is 7.64. The van der Waals surface area contributed by atoms with Gasteiger partial charge in [0.05, 0.1) is 17.4 Å². The minimum Gasteiger partial charge on any atom is -0.345 e. The number of anilines is 1. The molecule has 0 saturated carbocycles. The highest BCUT2D eigenvalue weighted by atomic mass is 15.2. The standard InChI is InChI=1S/C10H13N3/c1-10(11)4-6-13(8-10)9-3-2-5-12-7-9/h2-7H,8,11H2,1H3. The molecule has 0 fully saturated rings. The summed E-state index contributed by atoms with van der Waals surface area (Å²) < 4.78 is 0. The molecule has 0 amide bonds. The fourth-order valence-electron chi connectivity index (χ4n) is 1.43. The predicted molar refractivity (Wildman–Crippen MR) is 53.3 cm³/mol.